The Morgan fingerprint density at radius 1 is 1.20 bits per heavy atom. The summed E-state index contributed by atoms with van der Waals surface area (Å²) in [5.41, 5.74) is 2.23. The number of aliphatic carboxylic acids is 1. The van der Waals surface area contributed by atoms with Gasteiger partial charge in [-0.2, -0.15) is 0 Å². The molecule has 1 amide bonds. The molecule has 1 aliphatic rings. The third-order valence-corrected chi connectivity index (χ3v) is 4.19. The van der Waals surface area contributed by atoms with Gasteiger partial charge in [0.25, 0.3) is 0 Å². The van der Waals surface area contributed by atoms with Crippen LogP contribution in [0, 0.1) is 0 Å². The molecule has 130 valence electrons. The van der Waals surface area contributed by atoms with E-state index in [4.69, 9.17) is 4.74 Å². The van der Waals surface area contributed by atoms with E-state index in [9.17, 15) is 14.7 Å². The second-order valence-electron chi connectivity index (χ2n) is 6.44. The van der Waals surface area contributed by atoms with Crippen molar-refractivity contribution < 1.29 is 19.4 Å². The Morgan fingerprint density at radius 3 is 2.68 bits per heavy atom. The minimum atomic E-state index is -0.907. The molecule has 1 heterocycles. The zero-order valence-electron chi connectivity index (χ0n) is 14.3. The predicted molar refractivity (Wildman–Crippen MR) is 95.1 cm³/mol. The van der Waals surface area contributed by atoms with E-state index in [2.05, 4.69) is 0 Å². The number of carbonyl (C=O) groups excluding carboxylic acids is 1. The number of carboxylic acid groups (broad SMARTS) is 1. The minimum Gasteiger partial charge on any atom is -0.491 e. The first-order valence-corrected chi connectivity index (χ1v) is 8.33. The van der Waals surface area contributed by atoms with Gasteiger partial charge in [-0.1, -0.05) is 30.3 Å². The molecule has 0 aromatic heterocycles. The van der Waals surface area contributed by atoms with E-state index in [1.54, 1.807) is 23.1 Å². The monoisotopic (exact) mass is 339 g/mol. The smallest absolute Gasteiger partial charge is 0.312 e. The van der Waals surface area contributed by atoms with Crippen LogP contribution in [0.25, 0.3) is 0 Å². The first-order valence-electron chi connectivity index (χ1n) is 8.33. The molecule has 1 N–H and O–H groups in total. The SMILES string of the molecule is CC(C)Oc1cccc(CC(=O)N2CC(C(=O)O)c3ccccc32)c1. The molecule has 2 aromatic carbocycles. The summed E-state index contributed by atoms with van der Waals surface area (Å²) in [5, 5.41) is 9.42. The maximum atomic E-state index is 12.8. The number of anilines is 1. The van der Waals surface area contributed by atoms with Gasteiger partial charge in [-0.25, -0.2) is 0 Å². The molecule has 25 heavy (non-hydrogen) atoms. The average molecular weight is 339 g/mol. The zero-order valence-corrected chi connectivity index (χ0v) is 14.3. The summed E-state index contributed by atoms with van der Waals surface area (Å²) in [6, 6.07) is 14.6. The Labute approximate surface area is 146 Å². The van der Waals surface area contributed by atoms with Crippen LogP contribution in [0.15, 0.2) is 48.5 Å². The molecule has 0 radical (unpaired) electrons. The van der Waals surface area contributed by atoms with Gasteiger partial charge in [0.15, 0.2) is 0 Å². The molecule has 0 fully saturated rings. The summed E-state index contributed by atoms with van der Waals surface area (Å²) in [6.45, 7) is 4.08. The number of fused-ring (bicyclic) bond motifs is 1. The molecule has 0 bridgehead atoms. The Kier molecular flexibility index (Phi) is 4.74. The van der Waals surface area contributed by atoms with E-state index >= 15 is 0 Å². The highest BCUT2D eigenvalue weighted by Gasteiger charge is 2.36. The number of hydrogen-bond donors (Lipinski definition) is 1. The highest BCUT2D eigenvalue weighted by molar-refractivity contribution is 5.99. The normalized spacial score (nSPS) is 16.0. The fraction of sp³-hybridized carbons (Fsp3) is 0.300. The molecule has 3 rings (SSSR count). The van der Waals surface area contributed by atoms with Crippen LogP contribution in [0.2, 0.25) is 0 Å². The molecular weight excluding hydrogens is 318 g/mol. The molecule has 0 saturated heterocycles. The number of carboxylic acids is 1. The van der Waals surface area contributed by atoms with Crippen LogP contribution in [0.3, 0.4) is 0 Å². The van der Waals surface area contributed by atoms with Crippen LogP contribution in [0.5, 0.6) is 5.75 Å². The maximum absolute atomic E-state index is 12.8. The number of amides is 1. The fourth-order valence-corrected chi connectivity index (χ4v) is 3.13. The van der Waals surface area contributed by atoms with Gasteiger partial charge >= 0.3 is 5.97 Å². The van der Waals surface area contributed by atoms with Crippen molar-refractivity contribution in [3.05, 3.63) is 59.7 Å². The summed E-state index contributed by atoms with van der Waals surface area (Å²) in [4.78, 5) is 25.8. The number of ether oxygens (including phenoxy) is 1. The van der Waals surface area contributed by atoms with Crippen molar-refractivity contribution in [1.29, 1.82) is 0 Å². The van der Waals surface area contributed by atoms with Gasteiger partial charge in [-0.05, 0) is 43.2 Å². The van der Waals surface area contributed by atoms with Crippen molar-refractivity contribution >= 4 is 17.6 Å². The molecule has 1 atom stereocenters. The van der Waals surface area contributed by atoms with Gasteiger partial charge in [0.2, 0.25) is 5.91 Å². The van der Waals surface area contributed by atoms with Crippen LogP contribution >= 0.6 is 0 Å². The summed E-state index contributed by atoms with van der Waals surface area (Å²) in [6.07, 6.45) is 0.267. The molecule has 1 unspecified atom stereocenters. The van der Waals surface area contributed by atoms with Crippen LogP contribution in [0.4, 0.5) is 5.69 Å². The Hall–Kier alpha value is -2.82. The van der Waals surface area contributed by atoms with Gasteiger partial charge in [-0.3, -0.25) is 9.59 Å². The number of rotatable bonds is 5. The van der Waals surface area contributed by atoms with E-state index in [0.717, 1.165) is 11.3 Å². The van der Waals surface area contributed by atoms with Crippen LogP contribution < -0.4 is 9.64 Å². The molecule has 5 nitrogen and oxygen atoms in total. The van der Waals surface area contributed by atoms with Crippen molar-refractivity contribution in [3.8, 4) is 5.75 Å². The molecule has 0 spiro atoms. The van der Waals surface area contributed by atoms with Crippen LogP contribution in [-0.4, -0.2) is 29.6 Å². The van der Waals surface area contributed by atoms with E-state index in [1.807, 2.05) is 44.2 Å². The minimum absolute atomic E-state index is 0.0627. The lowest BCUT2D eigenvalue weighted by molar-refractivity contribution is -0.138. The lowest BCUT2D eigenvalue weighted by Gasteiger charge is -2.18. The van der Waals surface area contributed by atoms with Gasteiger partial charge in [-0.15, -0.1) is 0 Å². The molecule has 2 aromatic rings. The highest BCUT2D eigenvalue weighted by Crippen LogP contribution is 2.36. The second-order valence-corrected chi connectivity index (χ2v) is 6.44. The Balaban J connectivity index is 1.79. The van der Waals surface area contributed by atoms with Crippen molar-refractivity contribution in [3.63, 3.8) is 0 Å². The fourth-order valence-electron chi connectivity index (χ4n) is 3.13. The predicted octanol–water partition coefficient (Wildman–Crippen LogP) is 3.23. The number of hydrogen-bond acceptors (Lipinski definition) is 3. The quantitative estimate of drug-likeness (QED) is 0.908. The third-order valence-electron chi connectivity index (χ3n) is 4.19. The largest absolute Gasteiger partial charge is 0.491 e. The summed E-state index contributed by atoms with van der Waals surface area (Å²) in [7, 11) is 0. The lowest BCUT2D eigenvalue weighted by atomic mass is 10.0. The van der Waals surface area contributed by atoms with E-state index in [0.29, 0.717) is 11.3 Å². The standard InChI is InChI=1S/C20H21NO4/c1-13(2)25-15-7-5-6-14(10-15)11-19(22)21-12-17(20(23)24)16-8-3-4-9-18(16)21/h3-10,13,17H,11-12H2,1-2H3,(H,23,24). The lowest BCUT2D eigenvalue weighted by Crippen LogP contribution is -2.32. The Morgan fingerprint density at radius 2 is 1.96 bits per heavy atom. The average Bonchev–Trinajstić information content (AvgIpc) is 2.94. The summed E-state index contributed by atoms with van der Waals surface area (Å²) >= 11 is 0. The van der Waals surface area contributed by atoms with Crippen molar-refractivity contribution in [2.45, 2.75) is 32.3 Å². The van der Waals surface area contributed by atoms with Crippen molar-refractivity contribution in [2.75, 3.05) is 11.4 Å². The number of para-hydroxylation sites is 1. The topological polar surface area (TPSA) is 66.8 Å². The van der Waals surface area contributed by atoms with E-state index in [1.165, 1.54) is 0 Å². The molecule has 0 aliphatic carbocycles. The van der Waals surface area contributed by atoms with Gasteiger partial charge in [0.05, 0.1) is 12.5 Å². The van der Waals surface area contributed by atoms with Gasteiger partial charge < -0.3 is 14.7 Å². The van der Waals surface area contributed by atoms with Gasteiger partial charge in [0, 0.05) is 12.2 Å². The van der Waals surface area contributed by atoms with Crippen LogP contribution in [0.1, 0.15) is 30.9 Å². The van der Waals surface area contributed by atoms with Crippen molar-refractivity contribution in [2.24, 2.45) is 0 Å². The highest BCUT2D eigenvalue weighted by atomic mass is 16.5. The van der Waals surface area contributed by atoms with Gasteiger partial charge in [0.1, 0.15) is 11.7 Å². The first-order chi connectivity index (χ1) is 12.0. The third kappa shape index (κ3) is 3.65. The summed E-state index contributed by atoms with van der Waals surface area (Å²) in [5.74, 6) is -0.964. The number of carbonyl (C=O) groups is 2. The molecule has 0 saturated carbocycles. The molecular formula is C20H21NO4. The maximum Gasteiger partial charge on any atom is 0.312 e. The van der Waals surface area contributed by atoms with E-state index in [-0.39, 0.29) is 25.0 Å². The van der Waals surface area contributed by atoms with E-state index < -0.39 is 11.9 Å². The van der Waals surface area contributed by atoms with Crippen LogP contribution in [-0.2, 0) is 16.0 Å². The first kappa shape index (κ1) is 17.0. The number of benzene rings is 2. The molecule has 1 aliphatic heterocycles. The molecule has 5 heteroatoms. The summed E-state index contributed by atoms with van der Waals surface area (Å²) < 4.78 is 5.66. The van der Waals surface area contributed by atoms with Crippen molar-refractivity contribution in [1.82, 2.24) is 0 Å². The number of nitrogens with zero attached hydrogens (tertiary/aromatic N) is 1. The second kappa shape index (κ2) is 6.97. The zero-order chi connectivity index (χ0) is 18.0. The Bertz CT molecular complexity index is 800.